The minimum Gasteiger partial charge on any atom is -0.329 e. The van der Waals surface area contributed by atoms with Crippen molar-refractivity contribution in [2.75, 3.05) is 19.6 Å². The number of H-pyrrole nitrogens is 1. The van der Waals surface area contributed by atoms with Crippen LogP contribution in [0.3, 0.4) is 0 Å². The third-order valence-electron chi connectivity index (χ3n) is 4.38. The van der Waals surface area contributed by atoms with Crippen molar-refractivity contribution in [2.24, 2.45) is 0 Å². The highest BCUT2D eigenvalue weighted by molar-refractivity contribution is 5.98. The van der Waals surface area contributed by atoms with Crippen LogP contribution in [-0.2, 0) is 0 Å². The van der Waals surface area contributed by atoms with E-state index < -0.39 is 0 Å². The molecule has 0 saturated carbocycles. The molecule has 1 aliphatic heterocycles. The van der Waals surface area contributed by atoms with Gasteiger partial charge in [0.05, 0.1) is 17.8 Å². The fraction of sp³-hybridized carbons (Fsp3) is 0.222. The minimum absolute atomic E-state index is 0.0671. The maximum absolute atomic E-state index is 13.0. The SMILES string of the molecule is O=C(c1ccc2[nH]ncc2c1)N1CCNCC1c1ccccc1. The zero-order valence-electron chi connectivity index (χ0n) is 12.7. The first kappa shape index (κ1) is 14.0. The molecule has 1 saturated heterocycles. The Kier molecular flexibility index (Phi) is 3.55. The maximum atomic E-state index is 13.0. The molecule has 1 aliphatic rings. The van der Waals surface area contributed by atoms with E-state index in [0.717, 1.165) is 29.6 Å². The molecular formula is C18H18N4O. The summed E-state index contributed by atoms with van der Waals surface area (Å²) in [7, 11) is 0. The van der Waals surface area contributed by atoms with Crippen LogP contribution in [0.2, 0.25) is 0 Å². The van der Waals surface area contributed by atoms with Gasteiger partial charge in [0.25, 0.3) is 5.91 Å². The number of piperazine rings is 1. The summed E-state index contributed by atoms with van der Waals surface area (Å²) in [5, 5.41) is 11.3. The number of rotatable bonds is 2. The first-order chi connectivity index (χ1) is 11.3. The van der Waals surface area contributed by atoms with E-state index in [1.165, 1.54) is 0 Å². The lowest BCUT2D eigenvalue weighted by atomic mass is 10.0. The maximum Gasteiger partial charge on any atom is 0.254 e. The number of carbonyl (C=O) groups is 1. The molecule has 3 aromatic rings. The van der Waals surface area contributed by atoms with Gasteiger partial charge < -0.3 is 10.2 Å². The second kappa shape index (κ2) is 5.85. The van der Waals surface area contributed by atoms with Crippen LogP contribution >= 0.6 is 0 Å². The van der Waals surface area contributed by atoms with Crippen LogP contribution in [0.25, 0.3) is 10.9 Å². The lowest BCUT2D eigenvalue weighted by molar-refractivity contribution is 0.0634. The molecule has 1 amide bonds. The Labute approximate surface area is 134 Å². The van der Waals surface area contributed by atoms with E-state index in [0.29, 0.717) is 12.1 Å². The van der Waals surface area contributed by atoms with Crippen LogP contribution in [0.15, 0.2) is 54.7 Å². The van der Waals surface area contributed by atoms with E-state index in [1.54, 1.807) is 6.20 Å². The van der Waals surface area contributed by atoms with E-state index in [4.69, 9.17) is 0 Å². The molecule has 23 heavy (non-hydrogen) atoms. The van der Waals surface area contributed by atoms with Gasteiger partial charge >= 0.3 is 0 Å². The van der Waals surface area contributed by atoms with Crippen LogP contribution in [-0.4, -0.2) is 40.6 Å². The number of aromatic nitrogens is 2. The predicted octanol–water partition coefficient (Wildman–Crippen LogP) is 2.35. The van der Waals surface area contributed by atoms with Crippen LogP contribution in [0.4, 0.5) is 0 Å². The molecule has 2 N–H and O–H groups in total. The lowest BCUT2D eigenvalue weighted by Crippen LogP contribution is -2.48. The van der Waals surface area contributed by atoms with E-state index in [2.05, 4.69) is 27.6 Å². The van der Waals surface area contributed by atoms with Crippen molar-refractivity contribution >= 4 is 16.8 Å². The smallest absolute Gasteiger partial charge is 0.254 e. The molecule has 0 aliphatic carbocycles. The molecular weight excluding hydrogens is 288 g/mol. The number of hydrogen-bond donors (Lipinski definition) is 2. The molecule has 5 heteroatoms. The Morgan fingerprint density at radius 2 is 2.04 bits per heavy atom. The minimum atomic E-state index is 0.0671. The first-order valence-electron chi connectivity index (χ1n) is 7.83. The van der Waals surface area contributed by atoms with Gasteiger partial charge in [0.2, 0.25) is 0 Å². The third kappa shape index (κ3) is 2.59. The number of nitrogens with one attached hydrogen (secondary N) is 2. The monoisotopic (exact) mass is 306 g/mol. The Balaban J connectivity index is 1.67. The molecule has 0 radical (unpaired) electrons. The topological polar surface area (TPSA) is 61.0 Å². The van der Waals surface area contributed by atoms with Gasteiger partial charge in [-0.05, 0) is 23.8 Å². The zero-order chi connectivity index (χ0) is 15.6. The van der Waals surface area contributed by atoms with Gasteiger partial charge in [-0.15, -0.1) is 0 Å². The standard InChI is InChI=1S/C18H18N4O/c23-18(14-6-7-16-15(10-14)11-20-21-16)22-9-8-19-12-17(22)13-4-2-1-3-5-13/h1-7,10-11,17,19H,8-9,12H2,(H,20,21). The van der Waals surface area contributed by atoms with Crippen molar-refractivity contribution in [1.82, 2.24) is 20.4 Å². The number of fused-ring (bicyclic) bond motifs is 1. The number of amides is 1. The third-order valence-corrected chi connectivity index (χ3v) is 4.38. The van der Waals surface area contributed by atoms with E-state index in [9.17, 15) is 4.79 Å². The summed E-state index contributed by atoms with van der Waals surface area (Å²) in [6.07, 6.45) is 1.75. The molecule has 1 fully saturated rings. The van der Waals surface area contributed by atoms with Crippen molar-refractivity contribution in [2.45, 2.75) is 6.04 Å². The van der Waals surface area contributed by atoms with Gasteiger partial charge in [-0.2, -0.15) is 5.10 Å². The van der Waals surface area contributed by atoms with Gasteiger partial charge in [-0.3, -0.25) is 9.89 Å². The summed E-state index contributed by atoms with van der Waals surface area (Å²) in [6, 6.07) is 16.0. The number of nitrogens with zero attached hydrogens (tertiary/aromatic N) is 2. The van der Waals surface area contributed by atoms with Crippen LogP contribution < -0.4 is 5.32 Å². The quantitative estimate of drug-likeness (QED) is 0.764. The zero-order valence-corrected chi connectivity index (χ0v) is 12.7. The molecule has 1 aromatic heterocycles. The molecule has 0 bridgehead atoms. The van der Waals surface area contributed by atoms with Crippen molar-refractivity contribution in [3.8, 4) is 0 Å². The van der Waals surface area contributed by atoms with E-state index >= 15 is 0 Å². The number of aromatic amines is 1. The highest BCUT2D eigenvalue weighted by Gasteiger charge is 2.28. The van der Waals surface area contributed by atoms with Gasteiger partial charge in [0, 0.05) is 30.6 Å². The highest BCUT2D eigenvalue weighted by Crippen LogP contribution is 2.25. The predicted molar refractivity (Wildman–Crippen MR) is 89.2 cm³/mol. The Morgan fingerprint density at radius 1 is 1.17 bits per heavy atom. The largest absolute Gasteiger partial charge is 0.329 e. The van der Waals surface area contributed by atoms with E-state index in [1.807, 2.05) is 41.3 Å². The van der Waals surface area contributed by atoms with Crippen LogP contribution in [0.5, 0.6) is 0 Å². The molecule has 116 valence electrons. The van der Waals surface area contributed by atoms with Gasteiger partial charge in [0.1, 0.15) is 0 Å². The summed E-state index contributed by atoms with van der Waals surface area (Å²) >= 11 is 0. The second-order valence-electron chi connectivity index (χ2n) is 5.80. The fourth-order valence-electron chi connectivity index (χ4n) is 3.16. The summed E-state index contributed by atoms with van der Waals surface area (Å²) in [5.41, 5.74) is 2.82. The Bertz CT molecular complexity index is 827. The van der Waals surface area contributed by atoms with Gasteiger partial charge in [0.15, 0.2) is 0 Å². The van der Waals surface area contributed by atoms with Crippen molar-refractivity contribution < 1.29 is 4.79 Å². The number of carbonyl (C=O) groups excluding carboxylic acids is 1. The average molecular weight is 306 g/mol. The molecule has 4 rings (SSSR count). The van der Waals surface area contributed by atoms with Gasteiger partial charge in [-0.25, -0.2) is 0 Å². The Hall–Kier alpha value is -2.66. The highest BCUT2D eigenvalue weighted by atomic mass is 16.2. The second-order valence-corrected chi connectivity index (χ2v) is 5.80. The summed E-state index contributed by atoms with van der Waals surface area (Å²) in [4.78, 5) is 15.0. The average Bonchev–Trinajstić information content (AvgIpc) is 3.09. The molecule has 2 aromatic carbocycles. The summed E-state index contributed by atoms with van der Waals surface area (Å²) < 4.78 is 0. The Morgan fingerprint density at radius 3 is 2.91 bits per heavy atom. The normalized spacial score (nSPS) is 18.3. The number of hydrogen-bond acceptors (Lipinski definition) is 3. The molecule has 1 unspecified atom stereocenters. The summed E-state index contributed by atoms with van der Waals surface area (Å²) in [5.74, 6) is 0.0726. The van der Waals surface area contributed by atoms with Crippen LogP contribution in [0, 0.1) is 0 Å². The van der Waals surface area contributed by atoms with Crippen molar-refractivity contribution in [1.29, 1.82) is 0 Å². The first-order valence-corrected chi connectivity index (χ1v) is 7.83. The van der Waals surface area contributed by atoms with Gasteiger partial charge in [-0.1, -0.05) is 30.3 Å². The molecule has 1 atom stereocenters. The van der Waals surface area contributed by atoms with E-state index in [-0.39, 0.29) is 11.9 Å². The fourth-order valence-corrected chi connectivity index (χ4v) is 3.16. The lowest BCUT2D eigenvalue weighted by Gasteiger charge is -2.36. The number of benzene rings is 2. The molecule has 0 spiro atoms. The van der Waals surface area contributed by atoms with Crippen LogP contribution in [0.1, 0.15) is 22.0 Å². The summed E-state index contributed by atoms with van der Waals surface area (Å²) in [6.45, 7) is 2.31. The van der Waals surface area contributed by atoms with Crippen molar-refractivity contribution in [3.05, 3.63) is 65.9 Å². The molecule has 2 heterocycles. The van der Waals surface area contributed by atoms with Crippen molar-refractivity contribution in [3.63, 3.8) is 0 Å². The molecule has 5 nitrogen and oxygen atoms in total.